The number of hydrogen-bond acceptors (Lipinski definition) is 1. The average molecular weight is 444 g/mol. The fraction of sp³-hybridized carbons (Fsp3) is 0.154. The molecule has 3 rings (SSSR count). The minimum atomic E-state index is -2.80. The van der Waals surface area contributed by atoms with Gasteiger partial charge >= 0.3 is 0 Å². The molecule has 0 aliphatic carbocycles. The lowest BCUT2D eigenvalue weighted by molar-refractivity contribution is 0.200. The van der Waals surface area contributed by atoms with Crippen molar-refractivity contribution in [2.24, 2.45) is 0 Å². The Bertz CT molecular complexity index is 1090. The first-order valence-corrected chi connectivity index (χ1v) is 10.0. The van der Waals surface area contributed by atoms with E-state index in [1.54, 1.807) is 12.1 Å². The summed E-state index contributed by atoms with van der Waals surface area (Å²) in [6, 6.07) is 14.6. The van der Waals surface area contributed by atoms with E-state index in [1.165, 1.54) is 23.8 Å². The molecular formula is C26H21F5O. The summed E-state index contributed by atoms with van der Waals surface area (Å²) in [5, 5.41) is 0. The standard InChI is InChI=1S/C26H21F5O/c1-2-3-17-4-7-19(8-5-17)21-11-10-20(22(27)16-21)9-6-18-14-23(28)26(24(29)15-18)32-13-12-25(30)31/h4-16,25H,2-3H2,1H3. The molecule has 0 heterocycles. The lowest BCUT2D eigenvalue weighted by Gasteiger charge is -2.06. The fourth-order valence-corrected chi connectivity index (χ4v) is 3.14. The van der Waals surface area contributed by atoms with Gasteiger partial charge in [0.25, 0.3) is 6.43 Å². The lowest BCUT2D eigenvalue weighted by Crippen LogP contribution is -1.94. The Morgan fingerprint density at radius 2 is 1.47 bits per heavy atom. The Hall–Kier alpha value is -3.41. The van der Waals surface area contributed by atoms with E-state index < -0.39 is 29.6 Å². The molecule has 0 atom stereocenters. The molecule has 0 saturated carbocycles. The molecular weight excluding hydrogens is 423 g/mol. The van der Waals surface area contributed by atoms with E-state index in [4.69, 9.17) is 0 Å². The van der Waals surface area contributed by atoms with Crippen LogP contribution in [0.5, 0.6) is 5.75 Å². The summed E-state index contributed by atoms with van der Waals surface area (Å²) >= 11 is 0. The van der Waals surface area contributed by atoms with Crippen LogP contribution in [0.4, 0.5) is 22.0 Å². The third kappa shape index (κ3) is 6.06. The highest BCUT2D eigenvalue weighted by atomic mass is 19.3. The summed E-state index contributed by atoms with van der Waals surface area (Å²) in [6.07, 6.45) is 2.87. The predicted molar refractivity (Wildman–Crippen MR) is 117 cm³/mol. The second-order valence-electron chi connectivity index (χ2n) is 7.11. The molecule has 32 heavy (non-hydrogen) atoms. The molecule has 0 fully saturated rings. The highest BCUT2D eigenvalue weighted by molar-refractivity contribution is 5.73. The lowest BCUT2D eigenvalue weighted by atomic mass is 10.0. The number of ether oxygens (including phenoxy) is 1. The van der Waals surface area contributed by atoms with Gasteiger partial charge in [0.2, 0.25) is 0 Å². The molecule has 0 unspecified atom stereocenters. The smallest absolute Gasteiger partial charge is 0.260 e. The van der Waals surface area contributed by atoms with Gasteiger partial charge in [-0.05, 0) is 46.9 Å². The predicted octanol–water partition coefficient (Wildman–Crippen LogP) is 8.05. The number of aryl methyl sites for hydroxylation is 1. The quantitative estimate of drug-likeness (QED) is 0.194. The van der Waals surface area contributed by atoms with E-state index in [0.717, 1.165) is 36.1 Å². The molecule has 0 saturated heterocycles. The third-order valence-electron chi connectivity index (χ3n) is 4.71. The van der Waals surface area contributed by atoms with E-state index in [9.17, 15) is 22.0 Å². The number of benzene rings is 3. The maximum Gasteiger partial charge on any atom is 0.260 e. The second-order valence-corrected chi connectivity index (χ2v) is 7.11. The summed E-state index contributed by atoms with van der Waals surface area (Å²) in [7, 11) is 0. The Labute approximate surface area is 183 Å². The zero-order chi connectivity index (χ0) is 23.1. The molecule has 0 aliphatic heterocycles. The van der Waals surface area contributed by atoms with Gasteiger partial charge in [0.05, 0.1) is 6.26 Å². The van der Waals surface area contributed by atoms with Crippen molar-refractivity contribution in [3.05, 3.63) is 101 Å². The van der Waals surface area contributed by atoms with Crippen LogP contribution in [0.25, 0.3) is 23.3 Å². The highest BCUT2D eigenvalue weighted by Crippen LogP contribution is 2.26. The molecule has 1 nitrogen and oxygen atoms in total. The average Bonchev–Trinajstić information content (AvgIpc) is 2.75. The highest BCUT2D eigenvalue weighted by Gasteiger charge is 2.12. The zero-order valence-corrected chi connectivity index (χ0v) is 17.3. The van der Waals surface area contributed by atoms with Crippen LogP contribution >= 0.6 is 0 Å². The van der Waals surface area contributed by atoms with Gasteiger partial charge in [0.15, 0.2) is 17.4 Å². The summed E-state index contributed by atoms with van der Waals surface area (Å²) in [6.45, 7) is 2.11. The molecule has 0 bridgehead atoms. The van der Waals surface area contributed by atoms with Crippen LogP contribution in [0.2, 0.25) is 0 Å². The van der Waals surface area contributed by atoms with E-state index in [2.05, 4.69) is 11.7 Å². The van der Waals surface area contributed by atoms with Crippen LogP contribution < -0.4 is 4.74 Å². The van der Waals surface area contributed by atoms with Crippen molar-refractivity contribution >= 4 is 12.2 Å². The molecule has 3 aromatic carbocycles. The fourth-order valence-electron chi connectivity index (χ4n) is 3.14. The van der Waals surface area contributed by atoms with Gasteiger partial charge in [0, 0.05) is 11.6 Å². The van der Waals surface area contributed by atoms with Crippen molar-refractivity contribution in [1.29, 1.82) is 0 Å². The Morgan fingerprint density at radius 1 is 0.812 bits per heavy atom. The van der Waals surface area contributed by atoms with Crippen molar-refractivity contribution in [3.63, 3.8) is 0 Å². The molecule has 166 valence electrons. The normalized spacial score (nSPS) is 11.7. The Kier molecular flexibility index (Phi) is 7.82. The number of rotatable bonds is 8. The van der Waals surface area contributed by atoms with Gasteiger partial charge < -0.3 is 4.74 Å². The van der Waals surface area contributed by atoms with E-state index in [0.29, 0.717) is 12.3 Å². The summed E-state index contributed by atoms with van der Waals surface area (Å²) in [5.41, 5.74) is 3.20. The van der Waals surface area contributed by atoms with Gasteiger partial charge in [-0.1, -0.05) is 61.9 Å². The van der Waals surface area contributed by atoms with Crippen molar-refractivity contribution in [3.8, 4) is 16.9 Å². The first-order chi connectivity index (χ1) is 15.4. The molecule has 0 aliphatic rings. The summed E-state index contributed by atoms with van der Waals surface area (Å²) < 4.78 is 71.4. The molecule has 3 aromatic rings. The molecule has 0 spiro atoms. The number of halogens is 5. The van der Waals surface area contributed by atoms with Crippen LogP contribution in [0.1, 0.15) is 30.0 Å². The topological polar surface area (TPSA) is 9.23 Å². The maximum absolute atomic E-state index is 14.6. The Morgan fingerprint density at radius 3 is 2.06 bits per heavy atom. The van der Waals surface area contributed by atoms with Gasteiger partial charge in [-0.25, -0.2) is 22.0 Å². The van der Waals surface area contributed by atoms with Gasteiger partial charge in [-0.15, -0.1) is 0 Å². The summed E-state index contributed by atoms with van der Waals surface area (Å²) in [5.74, 6) is -3.40. The second kappa shape index (κ2) is 10.8. The largest absolute Gasteiger partial charge is 0.459 e. The molecule has 0 aromatic heterocycles. The summed E-state index contributed by atoms with van der Waals surface area (Å²) in [4.78, 5) is 0. The van der Waals surface area contributed by atoms with Crippen LogP contribution in [-0.4, -0.2) is 6.43 Å². The molecule has 0 radical (unpaired) electrons. The molecule has 0 amide bonds. The molecule has 6 heteroatoms. The number of hydrogen-bond donors (Lipinski definition) is 0. The van der Waals surface area contributed by atoms with Crippen molar-refractivity contribution in [2.45, 2.75) is 26.2 Å². The van der Waals surface area contributed by atoms with Crippen molar-refractivity contribution < 1.29 is 26.7 Å². The first kappa shape index (κ1) is 23.3. The minimum Gasteiger partial charge on any atom is -0.459 e. The minimum absolute atomic E-state index is 0.125. The first-order valence-electron chi connectivity index (χ1n) is 10.0. The van der Waals surface area contributed by atoms with E-state index in [-0.39, 0.29) is 11.1 Å². The number of allylic oxidation sites excluding steroid dienone is 1. The van der Waals surface area contributed by atoms with Crippen LogP contribution in [0.3, 0.4) is 0 Å². The van der Waals surface area contributed by atoms with E-state index >= 15 is 0 Å². The SMILES string of the molecule is CCCc1ccc(-c2ccc(C=Cc3cc(F)c(OC=CC(F)F)c(F)c3)c(F)c2)cc1. The molecule has 0 N–H and O–H groups in total. The van der Waals surface area contributed by atoms with Gasteiger partial charge in [-0.2, -0.15) is 0 Å². The van der Waals surface area contributed by atoms with Crippen LogP contribution in [0.15, 0.2) is 66.9 Å². The van der Waals surface area contributed by atoms with Crippen LogP contribution in [-0.2, 0) is 6.42 Å². The van der Waals surface area contributed by atoms with E-state index in [1.807, 2.05) is 24.3 Å². The zero-order valence-electron chi connectivity index (χ0n) is 17.3. The van der Waals surface area contributed by atoms with Crippen molar-refractivity contribution in [1.82, 2.24) is 0 Å². The van der Waals surface area contributed by atoms with Crippen LogP contribution in [0, 0.1) is 17.5 Å². The third-order valence-corrected chi connectivity index (χ3v) is 4.71. The van der Waals surface area contributed by atoms with Gasteiger partial charge in [0.1, 0.15) is 5.82 Å². The Balaban J connectivity index is 1.76. The van der Waals surface area contributed by atoms with Crippen molar-refractivity contribution in [2.75, 3.05) is 0 Å². The monoisotopic (exact) mass is 444 g/mol. The maximum atomic E-state index is 14.6. The number of alkyl halides is 2. The van der Waals surface area contributed by atoms with Gasteiger partial charge in [-0.3, -0.25) is 0 Å².